The molecule has 0 spiro atoms. The fraction of sp³-hybridized carbons (Fsp3) is 0.217. The topological polar surface area (TPSA) is 9.23 Å². The van der Waals surface area contributed by atoms with Gasteiger partial charge in [0.2, 0.25) is 0 Å². The first-order valence-electron chi connectivity index (χ1n) is 9.01. The molecule has 0 aromatic heterocycles. The standard InChI is InChI=1S/C23H24OP2/c1-15-10-17(3)22-19(12-15)14-20-13-16(2)11-18(4)23(20)25-26(24-22)21-8-6-5-7-9-21/h5-13,25H,14H2,1-4H3. The van der Waals surface area contributed by atoms with Crippen LogP contribution in [0.4, 0.5) is 0 Å². The van der Waals surface area contributed by atoms with E-state index < -0.39 is 7.84 Å². The molecule has 1 aliphatic rings. The Balaban J connectivity index is 1.92. The van der Waals surface area contributed by atoms with Gasteiger partial charge in [0.1, 0.15) is 13.6 Å². The van der Waals surface area contributed by atoms with E-state index in [1.165, 1.54) is 44.0 Å². The lowest BCUT2D eigenvalue weighted by Crippen LogP contribution is -2.15. The van der Waals surface area contributed by atoms with Crippen molar-refractivity contribution in [3.05, 3.63) is 88.0 Å². The van der Waals surface area contributed by atoms with E-state index in [1.54, 1.807) is 0 Å². The number of hydrogen-bond donors (Lipinski definition) is 0. The number of rotatable bonds is 1. The summed E-state index contributed by atoms with van der Waals surface area (Å²) < 4.78 is 6.73. The minimum absolute atomic E-state index is 0.673. The molecule has 2 unspecified atom stereocenters. The number of benzene rings is 3. The van der Waals surface area contributed by atoms with E-state index in [4.69, 9.17) is 4.52 Å². The molecule has 0 fully saturated rings. The fourth-order valence-corrected chi connectivity index (χ4v) is 8.50. The molecule has 26 heavy (non-hydrogen) atoms. The molecule has 0 amide bonds. The molecule has 3 aromatic rings. The van der Waals surface area contributed by atoms with E-state index in [0.29, 0.717) is 8.27 Å². The zero-order valence-electron chi connectivity index (χ0n) is 15.8. The largest absolute Gasteiger partial charge is 0.464 e. The molecule has 0 saturated heterocycles. The summed E-state index contributed by atoms with van der Waals surface area (Å²) in [6.07, 6.45) is 0.959. The van der Waals surface area contributed by atoms with E-state index >= 15 is 0 Å². The molecule has 4 rings (SSSR count). The third-order valence-electron chi connectivity index (χ3n) is 4.82. The van der Waals surface area contributed by atoms with Crippen LogP contribution in [0, 0.1) is 27.7 Å². The van der Waals surface area contributed by atoms with Crippen LogP contribution in [0.2, 0.25) is 0 Å². The normalized spacial score (nSPS) is 17.0. The Kier molecular flexibility index (Phi) is 4.87. The van der Waals surface area contributed by atoms with E-state index in [9.17, 15) is 0 Å². The van der Waals surface area contributed by atoms with Crippen LogP contribution < -0.4 is 15.1 Å². The molecule has 132 valence electrons. The second kappa shape index (κ2) is 7.15. The molecular formula is C23H24OP2. The Labute approximate surface area is 159 Å². The zero-order valence-corrected chi connectivity index (χ0v) is 17.7. The first-order valence-corrected chi connectivity index (χ1v) is 12.1. The van der Waals surface area contributed by atoms with Crippen molar-refractivity contribution in [3.8, 4) is 5.75 Å². The van der Waals surface area contributed by atoms with Gasteiger partial charge in [0.25, 0.3) is 0 Å². The van der Waals surface area contributed by atoms with Crippen LogP contribution in [0.3, 0.4) is 0 Å². The third kappa shape index (κ3) is 3.44. The summed E-state index contributed by atoms with van der Waals surface area (Å²) in [6.45, 7) is 8.81. The summed E-state index contributed by atoms with van der Waals surface area (Å²) >= 11 is 0. The summed E-state index contributed by atoms with van der Waals surface area (Å²) in [5, 5.41) is 2.81. The van der Waals surface area contributed by atoms with Crippen LogP contribution >= 0.6 is 16.1 Å². The minimum atomic E-state index is -0.708. The summed E-state index contributed by atoms with van der Waals surface area (Å²) in [4.78, 5) is 0. The van der Waals surface area contributed by atoms with Crippen molar-refractivity contribution in [2.24, 2.45) is 0 Å². The fourth-order valence-electron chi connectivity index (χ4n) is 3.76. The molecule has 1 aliphatic heterocycles. The lowest BCUT2D eigenvalue weighted by atomic mass is 9.97. The Morgan fingerprint density at radius 3 is 2.19 bits per heavy atom. The molecule has 0 saturated carbocycles. The Hall–Kier alpha value is -1.68. The molecule has 0 aliphatic carbocycles. The Morgan fingerprint density at radius 2 is 1.46 bits per heavy atom. The average Bonchev–Trinajstić information content (AvgIpc) is 2.58. The maximum Gasteiger partial charge on any atom is 0.143 e. The summed E-state index contributed by atoms with van der Waals surface area (Å²) in [5.41, 5.74) is 8.10. The van der Waals surface area contributed by atoms with Crippen molar-refractivity contribution in [3.63, 3.8) is 0 Å². The summed E-state index contributed by atoms with van der Waals surface area (Å²) in [6, 6.07) is 20.0. The smallest absolute Gasteiger partial charge is 0.143 e. The van der Waals surface area contributed by atoms with Crippen LogP contribution in [-0.2, 0) is 6.42 Å². The highest BCUT2D eigenvalue weighted by Crippen LogP contribution is 2.57. The van der Waals surface area contributed by atoms with Gasteiger partial charge in [-0.05, 0) is 63.5 Å². The molecule has 3 heteroatoms. The second-order valence-electron chi connectivity index (χ2n) is 7.20. The molecule has 1 nitrogen and oxygen atoms in total. The van der Waals surface area contributed by atoms with E-state index in [-0.39, 0.29) is 0 Å². The molecule has 2 atom stereocenters. The SMILES string of the molecule is Cc1cc(C)c2c(c1)Cc1cc(C)cc(C)c1PP(c1ccccc1)O2. The Morgan fingerprint density at radius 1 is 0.808 bits per heavy atom. The highest BCUT2D eigenvalue weighted by molar-refractivity contribution is 8.25. The predicted molar refractivity (Wildman–Crippen MR) is 116 cm³/mol. The van der Waals surface area contributed by atoms with E-state index in [0.717, 1.165) is 12.2 Å². The van der Waals surface area contributed by atoms with Crippen molar-refractivity contribution in [2.75, 3.05) is 0 Å². The number of fused-ring (bicyclic) bond motifs is 2. The molecule has 0 N–H and O–H groups in total. The minimum Gasteiger partial charge on any atom is -0.464 e. The van der Waals surface area contributed by atoms with Crippen LogP contribution in [0.25, 0.3) is 0 Å². The van der Waals surface area contributed by atoms with Crippen molar-refractivity contribution in [1.29, 1.82) is 0 Å². The molecule has 0 bridgehead atoms. The number of hydrogen-bond acceptors (Lipinski definition) is 1. The monoisotopic (exact) mass is 378 g/mol. The van der Waals surface area contributed by atoms with Gasteiger partial charge in [-0.2, -0.15) is 0 Å². The van der Waals surface area contributed by atoms with Crippen LogP contribution in [0.1, 0.15) is 33.4 Å². The number of aryl methyl sites for hydroxylation is 4. The van der Waals surface area contributed by atoms with Crippen molar-refractivity contribution < 1.29 is 4.52 Å². The molecule has 1 heterocycles. The van der Waals surface area contributed by atoms with Gasteiger partial charge >= 0.3 is 0 Å². The highest BCUT2D eigenvalue weighted by Gasteiger charge is 2.24. The molecular weight excluding hydrogens is 354 g/mol. The Bertz CT molecular complexity index is 904. The quantitative estimate of drug-likeness (QED) is 0.483. The van der Waals surface area contributed by atoms with Crippen molar-refractivity contribution >= 4 is 26.7 Å². The van der Waals surface area contributed by atoms with Crippen LogP contribution in [0.15, 0.2) is 54.6 Å². The third-order valence-corrected chi connectivity index (χ3v) is 9.43. The predicted octanol–water partition coefficient (Wildman–Crippen LogP) is 5.84. The average molecular weight is 378 g/mol. The lowest BCUT2D eigenvalue weighted by molar-refractivity contribution is 0.618. The molecule has 0 radical (unpaired) electrons. The van der Waals surface area contributed by atoms with Gasteiger partial charge in [-0.3, -0.25) is 0 Å². The van der Waals surface area contributed by atoms with Gasteiger partial charge in [0, 0.05) is 11.7 Å². The van der Waals surface area contributed by atoms with Gasteiger partial charge in [-0.25, -0.2) is 0 Å². The highest BCUT2D eigenvalue weighted by atomic mass is 32.1. The van der Waals surface area contributed by atoms with Gasteiger partial charge in [0.05, 0.1) is 0 Å². The van der Waals surface area contributed by atoms with Crippen LogP contribution in [-0.4, -0.2) is 0 Å². The maximum atomic E-state index is 6.73. The summed E-state index contributed by atoms with van der Waals surface area (Å²) in [5.74, 6) is 1.10. The second-order valence-corrected chi connectivity index (χ2v) is 11.1. The van der Waals surface area contributed by atoms with Gasteiger partial charge in [0.15, 0.2) is 0 Å². The van der Waals surface area contributed by atoms with Gasteiger partial charge < -0.3 is 4.52 Å². The maximum absolute atomic E-state index is 6.73. The van der Waals surface area contributed by atoms with Crippen LogP contribution in [0.5, 0.6) is 5.75 Å². The molecule has 3 aromatic carbocycles. The summed E-state index contributed by atoms with van der Waals surface area (Å²) in [7, 11) is -0.0342. The zero-order chi connectivity index (χ0) is 18.3. The van der Waals surface area contributed by atoms with Gasteiger partial charge in [-0.15, -0.1) is 0 Å². The van der Waals surface area contributed by atoms with E-state index in [1.807, 2.05) is 0 Å². The lowest BCUT2D eigenvalue weighted by Gasteiger charge is -2.28. The van der Waals surface area contributed by atoms with Crippen molar-refractivity contribution in [2.45, 2.75) is 34.1 Å². The first kappa shape index (κ1) is 17.7. The first-order chi connectivity index (χ1) is 12.5. The van der Waals surface area contributed by atoms with E-state index in [2.05, 4.69) is 82.3 Å². The van der Waals surface area contributed by atoms with Crippen molar-refractivity contribution in [1.82, 2.24) is 0 Å². The van der Waals surface area contributed by atoms with Gasteiger partial charge in [-0.1, -0.05) is 65.7 Å².